The van der Waals surface area contributed by atoms with E-state index >= 15 is 0 Å². The third-order valence-electron chi connectivity index (χ3n) is 2.86. The van der Waals surface area contributed by atoms with Crippen LogP contribution >= 0.6 is 0 Å². The molecule has 0 amide bonds. The summed E-state index contributed by atoms with van der Waals surface area (Å²) in [6, 6.07) is 10.6. The van der Waals surface area contributed by atoms with Crippen LogP contribution in [0.2, 0.25) is 0 Å². The standard InChI is InChI=1S/C13H15N3O2/c1-10-3-4-11(2)15(10)14-9-12-5-7-13(8-6-12)16(17)18/h3-8,14H,9H2,1-2H3. The molecule has 0 aliphatic carbocycles. The maximum atomic E-state index is 10.5. The summed E-state index contributed by atoms with van der Waals surface area (Å²) in [4.78, 5) is 10.1. The van der Waals surface area contributed by atoms with Gasteiger partial charge in [-0.2, -0.15) is 0 Å². The lowest BCUT2D eigenvalue weighted by Crippen LogP contribution is -2.16. The van der Waals surface area contributed by atoms with E-state index in [1.165, 1.54) is 12.1 Å². The number of nitro benzene ring substituents is 1. The van der Waals surface area contributed by atoms with Gasteiger partial charge >= 0.3 is 0 Å². The zero-order valence-corrected chi connectivity index (χ0v) is 10.4. The van der Waals surface area contributed by atoms with Gasteiger partial charge in [-0.3, -0.25) is 14.8 Å². The van der Waals surface area contributed by atoms with E-state index in [4.69, 9.17) is 0 Å². The summed E-state index contributed by atoms with van der Waals surface area (Å²) >= 11 is 0. The van der Waals surface area contributed by atoms with Crippen molar-refractivity contribution < 1.29 is 4.92 Å². The van der Waals surface area contributed by atoms with Crippen molar-refractivity contribution in [2.24, 2.45) is 0 Å². The highest BCUT2D eigenvalue weighted by molar-refractivity contribution is 5.33. The number of benzene rings is 1. The molecule has 0 unspecified atom stereocenters. The molecule has 0 aliphatic heterocycles. The summed E-state index contributed by atoms with van der Waals surface area (Å²) in [5.74, 6) is 0. The van der Waals surface area contributed by atoms with E-state index in [0.29, 0.717) is 6.54 Å². The van der Waals surface area contributed by atoms with Gasteiger partial charge in [-0.05, 0) is 31.5 Å². The molecule has 0 fully saturated rings. The Bertz CT molecular complexity index is 539. The monoisotopic (exact) mass is 245 g/mol. The normalized spacial score (nSPS) is 10.3. The molecule has 18 heavy (non-hydrogen) atoms. The maximum absolute atomic E-state index is 10.5. The second kappa shape index (κ2) is 4.91. The molecular formula is C13H15N3O2. The number of nitrogens with one attached hydrogen (secondary N) is 1. The molecule has 2 rings (SSSR count). The maximum Gasteiger partial charge on any atom is 0.269 e. The lowest BCUT2D eigenvalue weighted by Gasteiger charge is -2.12. The summed E-state index contributed by atoms with van der Waals surface area (Å²) < 4.78 is 2.00. The molecule has 1 aromatic carbocycles. The smallest absolute Gasteiger partial charge is 0.269 e. The van der Waals surface area contributed by atoms with Gasteiger partial charge in [0.2, 0.25) is 0 Å². The second-order valence-corrected chi connectivity index (χ2v) is 4.21. The largest absolute Gasteiger partial charge is 0.322 e. The van der Waals surface area contributed by atoms with E-state index in [0.717, 1.165) is 17.0 Å². The molecule has 0 atom stereocenters. The van der Waals surface area contributed by atoms with Gasteiger partial charge in [0.1, 0.15) is 0 Å². The highest BCUT2D eigenvalue weighted by atomic mass is 16.6. The molecule has 0 saturated heterocycles. The van der Waals surface area contributed by atoms with Crippen LogP contribution < -0.4 is 5.43 Å². The quantitative estimate of drug-likeness (QED) is 0.665. The van der Waals surface area contributed by atoms with Crippen LogP contribution in [0.15, 0.2) is 36.4 Å². The third kappa shape index (κ3) is 2.51. The van der Waals surface area contributed by atoms with E-state index in [2.05, 4.69) is 5.43 Å². The number of hydrogen-bond acceptors (Lipinski definition) is 3. The summed E-state index contributed by atoms with van der Waals surface area (Å²) in [5.41, 5.74) is 6.67. The van der Waals surface area contributed by atoms with Crippen LogP contribution in [0.25, 0.3) is 0 Å². The topological polar surface area (TPSA) is 60.1 Å². The zero-order chi connectivity index (χ0) is 13.1. The first-order valence-electron chi connectivity index (χ1n) is 5.70. The Balaban J connectivity index is 2.04. The molecule has 1 aromatic heterocycles. The predicted octanol–water partition coefficient (Wildman–Crippen LogP) is 2.76. The number of rotatable bonds is 4. The van der Waals surface area contributed by atoms with E-state index in [1.807, 2.05) is 30.7 Å². The van der Waals surface area contributed by atoms with Crippen molar-refractivity contribution in [3.8, 4) is 0 Å². The van der Waals surface area contributed by atoms with Gasteiger partial charge in [0.05, 0.1) is 11.5 Å². The second-order valence-electron chi connectivity index (χ2n) is 4.21. The molecule has 1 heterocycles. The predicted molar refractivity (Wildman–Crippen MR) is 70.1 cm³/mol. The summed E-state index contributed by atoms with van der Waals surface area (Å²) in [5, 5.41) is 10.5. The molecule has 5 nitrogen and oxygen atoms in total. The fraction of sp³-hybridized carbons (Fsp3) is 0.231. The first-order chi connectivity index (χ1) is 8.58. The fourth-order valence-electron chi connectivity index (χ4n) is 1.82. The Morgan fingerprint density at radius 1 is 1.11 bits per heavy atom. The molecule has 0 saturated carbocycles. The summed E-state index contributed by atoms with van der Waals surface area (Å²) in [7, 11) is 0. The van der Waals surface area contributed by atoms with Gasteiger partial charge in [0.25, 0.3) is 5.69 Å². The molecule has 0 bridgehead atoms. The van der Waals surface area contributed by atoms with Crippen LogP contribution in [-0.4, -0.2) is 9.60 Å². The van der Waals surface area contributed by atoms with Crippen molar-refractivity contribution in [1.82, 2.24) is 4.68 Å². The molecule has 2 aromatic rings. The Morgan fingerprint density at radius 2 is 1.67 bits per heavy atom. The minimum Gasteiger partial charge on any atom is -0.322 e. The number of aromatic nitrogens is 1. The van der Waals surface area contributed by atoms with E-state index in [9.17, 15) is 10.1 Å². The third-order valence-corrected chi connectivity index (χ3v) is 2.86. The average molecular weight is 245 g/mol. The van der Waals surface area contributed by atoms with Gasteiger partial charge in [0, 0.05) is 23.5 Å². The van der Waals surface area contributed by atoms with Gasteiger partial charge in [-0.25, -0.2) is 0 Å². The fourth-order valence-corrected chi connectivity index (χ4v) is 1.82. The number of nitrogens with zero attached hydrogens (tertiary/aromatic N) is 2. The molecule has 0 radical (unpaired) electrons. The van der Waals surface area contributed by atoms with E-state index in [1.54, 1.807) is 12.1 Å². The van der Waals surface area contributed by atoms with Crippen molar-refractivity contribution in [1.29, 1.82) is 0 Å². The van der Waals surface area contributed by atoms with Crippen LogP contribution in [0.3, 0.4) is 0 Å². The minimum absolute atomic E-state index is 0.118. The first-order valence-corrected chi connectivity index (χ1v) is 5.70. The summed E-state index contributed by atoms with van der Waals surface area (Å²) in [6.45, 7) is 4.68. The Hall–Kier alpha value is -2.30. The average Bonchev–Trinajstić information content (AvgIpc) is 2.67. The lowest BCUT2D eigenvalue weighted by molar-refractivity contribution is -0.384. The number of nitro groups is 1. The van der Waals surface area contributed by atoms with E-state index < -0.39 is 4.92 Å². The Morgan fingerprint density at radius 3 is 2.17 bits per heavy atom. The van der Waals surface area contributed by atoms with Crippen molar-refractivity contribution in [3.05, 3.63) is 63.5 Å². The van der Waals surface area contributed by atoms with E-state index in [-0.39, 0.29) is 5.69 Å². The van der Waals surface area contributed by atoms with Crippen LogP contribution in [0.1, 0.15) is 17.0 Å². The summed E-state index contributed by atoms with van der Waals surface area (Å²) in [6.07, 6.45) is 0. The lowest BCUT2D eigenvalue weighted by atomic mass is 10.2. The first kappa shape index (κ1) is 12.2. The number of non-ortho nitro benzene ring substituents is 1. The molecule has 5 heteroatoms. The highest BCUT2D eigenvalue weighted by Crippen LogP contribution is 2.12. The minimum atomic E-state index is -0.391. The molecule has 0 spiro atoms. The van der Waals surface area contributed by atoms with Crippen LogP contribution in [0.5, 0.6) is 0 Å². The molecular weight excluding hydrogens is 230 g/mol. The number of hydrogen-bond donors (Lipinski definition) is 1. The van der Waals surface area contributed by atoms with Crippen molar-refractivity contribution in [3.63, 3.8) is 0 Å². The highest BCUT2D eigenvalue weighted by Gasteiger charge is 2.04. The Kier molecular flexibility index (Phi) is 3.32. The van der Waals surface area contributed by atoms with Gasteiger partial charge in [-0.15, -0.1) is 0 Å². The van der Waals surface area contributed by atoms with Gasteiger partial charge < -0.3 is 5.43 Å². The molecule has 0 aliphatic rings. The Labute approximate surface area is 105 Å². The van der Waals surface area contributed by atoms with Crippen LogP contribution in [0.4, 0.5) is 5.69 Å². The van der Waals surface area contributed by atoms with Crippen molar-refractivity contribution in [2.75, 3.05) is 5.43 Å². The van der Waals surface area contributed by atoms with Gasteiger partial charge in [0.15, 0.2) is 0 Å². The zero-order valence-electron chi connectivity index (χ0n) is 10.4. The molecule has 94 valence electrons. The van der Waals surface area contributed by atoms with Crippen molar-refractivity contribution in [2.45, 2.75) is 20.4 Å². The van der Waals surface area contributed by atoms with Gasteiger partial charge in [-0.1, -0.05) is 12.1 Å². The van der Waals surface area contributed by atoms with Crippen molar-refractivity contribution >= 4 is 5.69 Å². The SMILES string of the molecule is Cc1ccc(C)n1NCc1ccc([N+](=O)[O-])cc1. The van der Waals surface area contributed by atoms with Crippen LogP contribution in [-0.2, 0) is 6.54 Å². The molecule has 1 N–H and O–H groups in total. The van der Waals surface area contributed by atoms with Crippen LogP contribution in [0, 0.1) is 24.0 Å². The number of aryl methyl sites for hydroxylation is 2.